The third-order valence-corrected chi connectivity index (χ3v) is 2.92. The summed E-state index contributed by atoms with van der Waals surface area (Å²) in [4.78, 5) is 3.25. The van der Waals surface area contributed by atoms with E-state index in [1.165, 1.54) is 22.2 Å². The zero-order valence-electron chi connectivity index (χ0n) is 6.87. The number of aromatic amines is 2. The molecule has 0 aliphatic carbocycles. The van der Waals surface area contributed by atoms with Crippen LogP contribution in [0.4, 0.5) is 0 Å². The zero-order valence-corrected chi connectivity index (χ0v) is 7.69. The van der Waals surface area contributed by atoms with E-state index in [2.05, 4.69) is 32.9 Å². The van der Waals surface area contributed by atoms with Gasteiger partial charge in [0.25, 0.3) is 0 Å². The Morgan fingerprint density at radius 1 is 1.15 bits per heavy atom. The van der Waals surface area contributed by atoms with Gasteiger partial charge in [-0.05, 0) is 6.07 Å². The van der Waals surface area contributed by atoms with Crippen LogP contribution >= 0.6 is 11.5 Å². The van der Waals surface area contributed by atoms with E-state index < -0.39 is 0 Å². The summed E-state index contributed by atoms with van der Waals surface area (Å²) in [7, 11) is 0. The van der Waals surface area contributed by atoms with Crippen molar-refractivity contribution in [2.75, 3.05) is 0 Å². The maximum absolute atomic E-state index is 3.25. The molecular formula is C10H8N2S. The SMILES string of the molecule is c1ccc2c(-c3cs[nH]3)c[nH]c2c1. The van der Waals surface area contributed by atoms with Crippen molar-refractivity contribution in [2.24, 2.45) is 0 Å². The van der Waals surface area contributed by atoms with E-state index in [-0.39, 0.29) is 0 Å². The molecule has 0 amide bonds. The van der Waals surface area contributed by atoms with E-state index >= 15 is 0 Å². The summed E-state index contributed by atoms with van der Waals surface area (Å²) >= 11 is 1.63. The molecular weight excluding hydrogens is 180 g/mol. The summed E-state index contributed by atoms with van der Waals surface area (Å²) in [5.41, 5.74) is 3.66. The van der Waals surface area contributed by atoms with Crippen molar-refractivity contribution in [1.82, 2.24) is 9.36 Å². The van der Waals surface area contributed by atoms with Gasteiger partial charge in [0, 0.05) is 28.0 Å². The van der Waals surface area contributed by atoms with Crippen LogP contribution in [0.25, 0.3) is 22.2 Å². The van der Waals surface area contributed by atoms with E-state index in [1.54, 1.807) is 11.5 Å². The second-order valence-electron chi connectivity index (χ2n) is 3.00. The number of aromatic nitrogens is 2. The van der Waals surface area contributed by atoms with Crippen molar-refractivity contribution in [2.45, 2.75) is 0 Å². The highest BCUT2D eigenvalue weighted by molar-refractivity contribution is 7.05. The fourth-order valence-corrected chi connectivity index (χ4v) is 2.00. The quantitative estimate of drug-likeness (QED) is 0.587. The Balaban J connectivity index is 2.34. The van der Waals surface area contributed by atoms with Crippen LogP contribution in [0.1, 0.15) is 0 Å². The maximum atomic E-state index is 3.25. The summed E-state index contributed by atoms with van der Waals surface area (Å²) in [5.74, 6) is 0. The van der Waals surface area contributed by atoms with Crippen molar-refractivity contribution >= 4 is 22.4 Å². The number of benzene rings is 1. The van der Waals surface area contributed by atoms with Crippen LogP contribution in [0.3, 0.4) is 0 Å². The first-order chi connectivity index (χ1) is 6.45. The Labute approximate surface area is 79.4 Å². The van der Waals surface area contributed by atoms with Gasteiger partial charge in [-0.1, -0.05) is 29.7 Å². The van der Waals surface area contributed by atoms with E-state index in [4.69, 9.17) is 0 Å². The minimum Gasteiger partial charge on any atom is -0.360 e. The molecule has 64 valence electrons. The number of hydrogen-bond acceptors (Lipinski definition) is 1. The molecule has 2 N–H and O–H groups in total. The van der Waals surface area contributed by atoms with E-state index in [9.17, 15) is 0 Å². The number of H-pyrrole nitrogens is 2. The minimum atomic E-state index is 1.19. The zero-order chi connectivity index (χ0) is 8.67. The van der Waals surface area contributed by atoms with Crippen LogP contribution in [-0.4, -0.2) is 9.36 Å². The van der Waals surface area contributed by atoms with Crippen molar-refractivity contribution in [3.8, 4) is 11.3 Å². The molecule has 0 saturated heterocycles. The van der Waals surface area contributed by atoms with Gasteiger partial charge in [0.05, 0.1) is 5.69 Å². The number of hydrogen-bond donors (Lipinski definition) is 2. The molecule has 0 aliphatic rings. The molecule has 2 aromatic heterocycles. The molecule has 0 saturated carbocycles. The van der Waals surface area contributed by atoms with Gasteiger partial charge in [-0.25, -0.2) is 0 Å². The average molecular weight is 188 g/mol. The smallest absolute Gasteiger partial charge is 0.0684 e. The predicted octanol–water partition coefficient (Wildman–Crippen LogP) is 3.22. The van der Waals surface area contributed by atoms with Crippen LogP contribution in [0.15, 0.2) is 35.8 Å². The number of para-hydroxylation sites is 1. The van der Waals surface area contributed by atoms with Gasteiger partial charge < -0.3 is 9.36 Å². The van der Waals surface area contributed by atoms with Crippen molar-refractivity contribution in [3.63, 3.8) is 0 Å². The molecule has 1 aromatic carbocycles. The third-order valence-electron chi connectivity index (χ3n) is 2.23. The Morgan fingerprint density at radius 3 is 2.77 bits per heavy atom. The molecule has 3 heteroatoms. The summed E-state index contributed by atoms with van der Waals surface area (Å²) in [5, 5.41) is 3.40. The lowest BCUT2D eigenvalue weighted by molar-refractivity contribution is 1.45. The molecule has 0 spiro atoms. The second-order valence-corrected chi connectivity index (χ2v) is 3.67. The topological polar surface area (TPSA) is 31.6 Å². The van der Waals surface area contributed by atoms with Crippen LogP contribution in [0, 0.1) is 0 Å². The second kappa shape index (κ2) is 2.50. The fourth-order valence-electron chi connectivity index (χ4n) is 1.53. The first-order valence-corrected chi connectivity index (χ1v) is 5.01. The van der Waals surface area contributed by atoms with Crippen LogP contribution in [-0.2, 0) is 0 Å². The first-order valence-electron chi connectivity index (χ1n) is 4.13. The minimum absolute atomic E-state index is 1.19. The van der Waals surface area contributed by atoms with Crippen LogP contribution in [0.5, 0.6) is 0 Å². The largest absolute Gasteiger partial charge is 0.360 e. The van der Waals surface area contributed by atoms with Crippen molar-refractivity contribution < 1.29 is 0 Å². The Hall–Kier alpha value is -1.48. The van der Waals surface area contributed by atoms with Crippen molar-refractivity contribution in [1.29, 1.82) is 0 Å². The van der Waals surface area contributed by atoms with Gasteiger partial charge in [0.1, 0.15) is 0 Å². The summed E-state index contributed by atoms with van der Waals surface area (Å²) in [6.07, 6.45) is 2.04. The van der Waals surface area contributed by atoms with Gasteiger partial charge in [-0.3, -0.25) is 0 Å². The standard InChI is InChI=1S/C10H8N2S/c1-2-4-9-7(3-1)8(5-11-9)10-6-13-12-10/h1-6,11-12H. The van der Waals surface area contributed by atoms with Gasteiger partial charge in [-0.15, -0.1) is 0 Å². The number of nitrogens with one attached hydrogen (secondary N) is 2. The van der Waals surface area contributed by atoms with E-state index in [0.717, 1.165) is 0 Å². The average Bonchev–Trinajstić information content (AvgIpc) is 2.47. The Kier molecular flexibility index (Phi) is 1.34. The summed E-state index contributed by atoms with van der Waals surface area (Å²) in [6, 6.07) is 8.32. The third kappa shape index (κ3) is 0.939. The normalized spacial score (nSPS) is 11.1. The predicted molar refractivity (Wildman–Crippen MR) is 56.0 cm³/mol. The monoisotopic (exact) mass is 188 g/mol. The first kappa shape index (κ1) is 6.97. The molecule has 0 radical (unpaired) electrons. The highest BCUT2D eigenvalue weighted by atomic mass is 32.1. The van der Waals surface area contributed by atoms with E-state index in [1.807, 2.05) is 12.3 Å². The van der Waals surface area contributed by atoms with Crippen LogP contribution < -0.4 is 0 Å². The molecule has 0 atom stereocenters. The summed E-state index contributed by atoms with van der Waals surface area (Å²) < 4.78 is 3.20. The molecule has 0 unspecified atom stereocenters. The lowest BCUT2D eigenvalue weighted by Gasteiger charge is -2.00. The maximum Gasteiger partial charge on any atom is 0.0684 e. The van der Waals surface area contributed by atoms with Gasteiger partial charge in [-0.2, -0.15) is 0 Å². The Bertz CT molecular complexity index is 520. The molecule has 3 aromatic rings. The lowest BCUT2D eigenvalue weighted by atomic mass is 10.1. The molecule has 0 bridgehead atoms. The fraction of sp³-hybridized carbons (Fsp3) is 0. The molecule has 3 rings (SSSR count). The van der Waals surface area contributed by atoms with Gasteiger partial charge >= 0.3 is 0 Å². The lowest BCUT2D eigenvalue weighted by Crippen LogP contribution is -1.79. The van der Waals surface area contributed by atoms with Gasteiger partial charge in [0.2, 0.25) is 0 Å². The van der Waals surface area contributed by atoms with Crippen LogP contribution in [0.2, 0.25) is 0 Å². The Morgan fingerprint density at radius 2 is 2.00 bits per heavy atom. The summed E-state index contributed by atoms with van der Waals surface area (Å²) in [6.45, 7) is 0. The molecule has 0 fully saturated rings. The number of fused-ring (bicyclic) bond motifs is 1. The number of rotatable bonds is 1. The molecule has 2 heterocycles. The molecule has 0 aliphatic heterocycles. The highest BCUT2D eigenvalue weighted by Crippen LogP contribution is 2.28. The van der Waals surface area contributed by atoms with Crippen molar-refractivity contribution in [3.05, 3.63) is 35.8 Å². The molecule has 2 nitrogen and oxygen atoms in total. The van der Waals surface area contributed by atoms with E-state index in [0.29, 0.717) is 0 Å². The highest BCUT2D eigenvalue weighted by Gasteiger charge is 2.06. The van der Waals surface area contributed by atoms with Gasteiger partial charge in [0.15, 0.2) is 0 Å². The molecule has 13 heavy (non-hydrogen) atoms.